The van der Waals surface area contributed by atoms with Gasteiger partial charge in [-0.05, 0) is 24.3 Å². The Balaban J connectivity index is 2.69. The van der Waals surface area contributed by atoms with Crippen LogP contribution >= 0.6 is 0 Å². The van der Waals surface area contributed by atoms with Gasteiger partial charge in [0, 0.05) is 11.6 Å². The fourth-order valence-corrected chi connectivity index (χ4v) is 1.52. The van der Waals surface area contributed by atoms with Gasteiger partial charge >= 0.3 is 0 Å². The smallest absolute Gasteiger partial charge is 0.206 e. The van der Waals surface area contributed by atoms with Gasteiger partial charge in [0.2, 0.25) is 5.96 Å². The van der Waals surface area contributed by atoms with Crippen molar-refractivity contribution in [2.45, 2.75) is 0 Å². The van der Waals surface area contributed by atoms with Gasteiger partial charge < -0.3 is 5.73 Å². The summed E-state index contributed by atoms with van der Waals surface area (Å²) in [6.07, 6.45) is 3.54. The van der Waals surface area contributed by atoms with Crippen LogP contribution < -0.4 is 10.6 Å². The number of anilines is 1. The van der Waals surface area contributed by atoms with Crippen LogP contribution in [0.4, 0.5) is 5.69 Å². The highest BCUT2D eigenvalue weighted by molar-refractivity contribution is 6.04. The maximum absolute atomic E-state index is 8.94. The molecule has 2 rings (SSSR count). The van der Waals surface area contributed by atoms with Crippen molar-refractivity contribution >= 4 is 22.5 Å². The number of pyridine rings is 1. The highest BCUT2D eigenvalue weighted by Crippen LogP contribution is 2.24. The van der Waals surface area contributed by atoms with Gasteiger partial charge in [0.15, 0.2) is 6.19 Å². The third-order valence-corrected chi connectivity index (χ3v) is 2.20. The van der Waals surface area contributed by atoms with Crippen LogP contribution in [-0.4, -0.2) is 10.9 Å². The minimum atomic E-state index is -0.307. The predicted octanol–water partition coefficient (Wildman–Crippen LogP) is 1.42. The zero-order valence-electron chi connectivity index (χ0n) is 8.38. The van der Waals surface area contributed by atoms with E-state index in [2.05, 4.69) is 4.98 Å². The van der Waals surface area contributed by atoms with Crippen LogP contribution in [0.2, 0.25) is 0 Å². The van der Waals surface area contributed by atoms with E-state index in [-0.39, 0.29) is 5.96 Å². The van der Waals surface area contributed by atoms with Crippen LogP contribution in [0.1, 0.15) is 0 Å². The van der Waals surface area contributed by atoms with E-state index < -0.39 is 0 Å². The third-order valence-electron chi connectivity index (χ3n) is 2.20. The lowest BCUT2D eigenvalue weighted by atomic mass is 10.1. The summed E-state index contributed by atoms with van der Waals surface area (Å²) in [6.45, 7) is 0. The topological polar surface area (TPSA) is 89.8 Å². The molecule has 0 bridgehead atoms. The van der Waals surface area contributed by atoms with Crippen LogP contribution in [0.5, 0.6) is 0 Å². The van der Waals surface area contributed by atoms with Gasteiger partial charge in [-0.15, -0.1) is 0 Å². The van der Waals surface area contributed by atoms with Gasteiger partial charge in [-0.2, -0.15) is 5.26 Å². The second-order valence-electron chi connectivity index (χ2n) is 3.17. The molecule has 0 saturated carbocycles. The first-order valence-electron chi connectivity index (χ1n) is 4.61. The Morgan fingerprint density at radius 3 is 2.88 bits per heavy atom. The summed E-state index contributed by atoms with van der Waals surface area (Å²) < 4.78 is 0. The monoisotopic (exact) mass is 211 g/mol. The number of nitrogens with zero attached hydrogens (tertiary/aromatic N) is 3. The van der Waals surface area contributed by atoms with E-state index in [1.54, 1.807) is 24.4 Å². The van der Waals surface area contributed by atoms with Crippen LogP contribution in [0.15, 0.2) is 36.5 Å². The minimum Gasteiger partial charge on any atom is -0.369 e. The highest BCUT2D eigenvalue weighted by atomic mass is 15.2. The number of benzene rings is 1. The number of aromatic nitrogens is 1. The van der Waals surface area contributed by atoms with E-state index in [0.29, 0.717) is 5.69 Å². The number of guanidine groups is 1. The van der Waals surface area contributed by atoms with Gasteiger partial charge in [-0.25, -0.2) is 4.90 Å². The number of hydrogen-bond acceptors (Lipinski definition) is 3. The number of hydrogen-bond donors (Lipinski definition) is 2. The first kappa shape index (κ1) is 9.93. The molecule has 78 valence electrons. The van der Waals surface area contributed by atoms with Crippen LogP contribution in [0, 0.1) is 16.9 Å². The molecular weight excluding hydrogens is 202 g/mol. The van der Waals surface area contributed by atoms with Gasteiger partial charge in [0.25, 0.3) is 0 Å². The maximum atomic E-state index is 8.94. The molecular formula is C11H9N5. The highest BCUT2D eigenvalue weighted by Gasteiger charge is 2.11. The number of nitrogens with two attached hydrogens (primary N) is 1. The van der Waals surface area contributed by atoms with Crippen molar-refractivity contribution in [3.05, 3.63) is 36.5 Å². The molecule has 0 aliphatic rings. The molecule has 0 aliphatic carbocycles. The molecule has 2 aromatic rings. The first-order valence-corrected chi connectivity index (χ1v) is 4.61. The number of fused-ring (bicyclic) bond motifs is 1. The van der Waals surface area contributed by atoms with Crippen molar-refractivity contribution in [1.29, 1.82) is 10.7 Å². The molecule has 0 unspecified atom stereocenters. The Morgan fingerprint density at radius 1 is 1.38 bits per heavy atom. The van der Waals surface area contributed by atoms with E-state index >= 15 is 0 Å². The van der Waals surface area contributed by atoms with E-state index in [1.807, 2.05) is 18.3 Å². The van der Waals surface area contributed by atoms with Crippen molar-refractivity contribution in [2.24, 2.45) is 5.73 Å². The van der Waals surface area contributed by atoms with Crippen molar-refractivity contribution in [1.82, 2.24) is 4.98 Å². The molecule has 1 heterocycles. The number of nitrogens with one attached hydrogen (secondary N) is 1. The predicted molar refractivity (Wildman–Crippen MR) is 61.7 cm³/mol. The summed E-state index contributed by atoms with van der Waals surface area (Å²) >= 11 is 0. The molecule has 3 N–H and O–H groups in total. The van der Waals surface area contributed by atoms with Gasteiger partial charge in [0.05, 0.1) is 11.2 Å². The molecule has 0 aliphatic heterocycles. The summed E-state index contributed by atoms with van der Waals surface area (Å²) in [6, 6.07) is 8.97. The average Bonchev–Trinajstić information content (AvgIpc) is 2.30. The van der Waals surface area contributed by atoms with Gasteiger partial charge in [0.1, 0.15) is 0 Å². The normalized spacial score (nSPS) is 9.69. The molecule has 0 saturated heterocycles. The van der Waals surface area contributed by atoms with Gasteiger partial charge in [-0.3, -0.25) is 10.4 Å². The Morgan fingerprint density at radius 2 is 2.19 bits per heavy atom. The zero-order chi connectivity index (χ0) is 11.5. The Labute approximate surface area is 92.2 Å². The lowest BCUT2D eigenvalue weighted by molar-refractivity contribution is 1.26. The van der Waals surface area contributed by atoms with Crippen LogP contribution in [0.3, 0.4) is 0 Å². The Hall–Kier alpha value is -2.61. The second-order valence-corrected chi connectivity index (χ2v) is 3.17. The lowest BCUT2D eigenvalue weighted by Crippen LogP contribution is -2.32. The Bertz CT molecular complexity index is 579. The lowest BCUT2D eigenvalue weighted by Gasteiger charge is -2.14. The molecule has 0 radical (unpaired) electrons. The van der Waals surface area contributed by atoms with E-state index in [9.17, 15) is 0 Å². The zero-order valence-corrected chi connectivity index (χ0v) is 8.38. The molecule has 5 heteroatoms. The summed E-state index contributed by atoms with van der Waals surface area (Å²) in [4.78, 5) is 5.23. The molecule has 5 nitrogen and oxygen atoms in total. The van der Waals surface area contributed by atoms with Crippen molar-refractivity contribution in [2.75, 3.05) is 4.90 Å². The third kappa shape index (κ3) is 1.53. The Kier molecular flexibility index (Phi) is 2.40. The van der Waals surface area contributed by atoms with Crippen LogP contribution in [0.25, 0.3) is 10.9 Å². The summed E-state index contributed by atoms with van der Waals surface area (Å²) in [5, 5.41) is 17.1. The summed E-state index contributed by atoms with van der Waals surface area (Å²) in [7, 11) is 0. The molecule has 16 heavy (non-hydrogen) atoms. The summed E-state index contributed by atoms with van der Waals surface area (Å²) in [5.41, 5.74) is 6.67. The standard InChI is InChI=1S/C11H9N5/c12-7-16(11(13)14)10-5-1-4-9-8(10)3-2-6-15-9/h1-6H,(H3,13,14). The maximum Gasteiger partial charge on any atom is 0.206 e. The molecule has 1 aromatic carbocycles. The van der Waals surface area contributed by atoms with E-state index in [1.165, 1.54) is 0 Å². The minimum absolute atomic E-state index is 0.307. The molecule has 0 fully saturated rings. The van der Waals surface area contributed by atoms with Crippen molar-refractivity contribution < 1.29 is 0 Å². The second kappa shape index (κ2) is 3.87. The first-order chi connectivity index (χ1) is 7.74. The molecule has 1 aromatic heterocycles. The number of nitriles is 1. The van der Waals surface area contributed by atoms with Gasteiger partial charge in [-0.1, -0.05) is 6.07 Å². The SMILES string of the molecule is N#CN(C(=N)N)c1cccc2ncccc12. The fraction of sp³-hybridized carbons (Fsp3) is 0. The molecule has 0 amide bonds. The number of rotatable bonds is 1. The van der Waals surface area contributed by atoms with E-state index in [4.69, 9.17) is 16.4 Å². The van der Waals surface area contributed by atoms with Crippen molar-refractivity contribution in [3.8, 4) is 6.19 Å². The van der Waals surface area contributed by atoms with E-state index in [0.717, 1.165) is 15.8 Å². The summed E-state index contributed by atoms with van der Waals surface area (Å²) in [5.74, 6) is -0.307. The largest absolute Gasteiger partial charge is 0.369 e. The van der Waals surface area contributed by atoms with Crippen LogP contribution in [-0.2, 0) is 0 Å². The fourth-order valence-electron chi connectivity index (χ4n) is 1.52. The van der Waals surface area contributed by atoms with Crippen molar-refractivity contribution in [3.63, 3.8) is 0 Å². The molecule has 0 spiro atoms. The average molecular weight is 211 g/mol. The quantitative estimate of drug-likeness (QED) is 0.323. The molecule has 0 atom stereocenters.